The van der Waals surface area contributed by atoms with Crippen LogP contribution in [-0.4, -0.2) is 35.8 Å². The van der Waals surface area contributed by atoms with Crippen LogP contribution in [0, 0.1) is 12.8 Å². The molecule has 2 rings (SSSR count). The van der Waals surface area contributed by atoms with E-state index in [1.165, 1.54) is 0 Å². The summed E-state index contributed by atoms with van der Waals surface area (Å²) in [6.45, 7) is 8.88. The molecule has 0 radical (unpaired) electrons. The second-order valence-corrected chi connectivity index (χ2v) is 6.71. The lowest BCUT2D eigenvalue weighted by Crippen LogP contribution is -2.36. The third kappa shape index (κ3) is 6.77. The Labute approximate surface area is 145 Å². The van der Waals surface area contributed by atoms with E-state index in [-0.39, 0.29) is 0 Å². The Morgan fingerprint density at radius 3 is 2.50 bits per heavy atom. The van der Waals surface area contributed by atoms with Crippen molar-refractivity contribution in [2.24, 2.45) is 5.92 Å². The van der Waals surface area contributed by atoms with Crippen LogP contribution >= 0.6 is 0 Å². The van der Waals surface area contributed by atoms with Gasteiger partial charge in [-0.2, -0.15) is 0 Å². The van der Waals surface area contributed by atoms with Gasteiger partial charge in [0.2, 0.25) is 0 Å². The first-order chi connectivity index (χ1) is 11.5. The third-order valence-corrected chi connectivity index (χ3v) is 3.85. The summed E-state index contributed by atoms with van der Waals surface area (Å²) < 4.78 is 11.3. The molecule has 2 aromatic rings. The Bertz CT molecular complexity index is 580. The number of rotatable bonds is 10. The normalized spacial score (nSPS) is 12.8. The average Bonchev–Trinajstić information content (AvgIpc) is 2.96. The van der Waals surface area contributed by atoms with E-state index in [4.69, 9.17) is 9.15 Å². The van der Waals surface area contributed by atoms with Gasteiger partial charge in [0.15, 0.2) is 0 Å². The van der Waals surface area contributed by atoms with E-state index in [2.05, 4.69) is 18.7 Å². The Kier molecular flexibility index (Phi) is 7.35. The molecule has 0 aliphatic heterocycles. The van der Waals surface area contributed by atoms with Crippen LogP contribution in [0.2, 0.25) is 0 Å². The van der Waals surface area contributed by atoms with Crippen LogP contribution in [0.3, 0.4) is 0 Å². The molecule has 0 saturated heterocycles. The minimum absolute atomic E-state index is 0.291. The van der Waals surface area contributed by atoms with Crippen molar-refractivity contribution in [2.75, 3.05) is 19.7 Å². The van der Waals surface area contributed by atoms with E-state index in [1.807, 2.05) is 49.4 Å². The van der Waals surface area contributed by atoms with Gasteiger partial charge in [-0.1, -0.05) is 32.0 Å². The first kappa shape index (κ1) is 18.6. The second kappa shape index (κ2) is 9.50. The molecule has 1 aromatic heterocycles. The van der Waals surface area contributed by atoms with Crippen molar-refractivity contribution < 1.29 is 14.3 Å². The summed E-state index contributed by atoms with van der Waals surface area (Å²) >= 11 is 0. The van der Waals surface area contributed by atoms with Gasteiger partial charge in [0.25, 0.3) is 0 Å². The first-order valence-corrected chi connectivity index (χ1v) is 8.66. The topological polar surface area (TPSA) is 45.8 Å². The van der Waals surface area contributed by atoms with Crippen LogP contribution in [0.15, 0.2) is 46.9 Å². The lowest BCUT2D eigenvalue weighted by molar-refractivity contribution is 0.0615. The van der Waals surface area contributed by atoms with Crippen molar-refractivity contribution in [3.63, 3.8) is 0 Å². The highest BCUT2D eigenvalue weighted by atomic mass is 16.5. The predicted molar refractivity (Wildman–Crippen MR) is 96.1 cm³/mol. The molecule has 1 aromatic carbocycles. The van der Waals surface area contributed by atoms with Crippen molar-refractivity contribution in [3.8, 4) is 5.75 Å². The number of furan rings is 1. The molecule has 0 unspecified atom stereocenters. The van der Waals surface area contributed by atoms with E-state index in [9.17, 15) is 5.11 Å². The van der Waals surface area contributed by atoms with Gasteiger partial charge in [-0.05, 0) is 50.1 Å². The fraction of sp³-hybridized carbons (Fsp3) is 0.500. The molecule has 0 fully saturated rings. The van der Waals surface area contributed by atoms with Crippen LogP contribution in [0.4, 0.5) is 0 Å². The minimum atomic E-state index is -0.534. The van der Waals surface area contributed by atoms with Gasteiger partial charge in [0.1, 0.15) is 30.0 Å². The highest BCUT2D eigenvalue weighted by Crippen LogP contribution is 2.13. The number of hydrogen-bond donors (Lipinski definition) is 1. The van der Waals surface area contributed by atoms with Crippen LogP contribution in [0.5, 0.6) is 5.75 Å². The van der Waals surface area contributed by atoms with Crippen molar-refractivity contribution in [1.82, 2.24) is 4.90 Å². The van der Waals surface area contributed by atoms with Crippen molar-refractivity contribution in [2.45, 2.75) is 39.8 Å². The maximum absolute atomic E-state index is 10.3. The Morgan fingerprint density at radius 2 is 1.88 bits per heavy atom. The maximum Gasteiger partial charge on any atom is 0.119 e. The minimum Gasteiger partial charge on any atom is -0.491 e. The summed E-state index contributed by atoms with van der Waals surface area (Å²) in [4.78, 5) is 2.23. The fourth-order valence-corrected chi connectivity index (χ4v) is 2.53. The number of ether oxygens (including phenoxy) is 1. The van der Waals surface area contributed by atoms with Crippen molar-refractivity contribution in [1.29, 1.82) is 0 Å². The molecule has 4 nitrogen and oxygen atoms in total. The molecule has 1 heterocycles. The van der Waals surface area contributed by atoms with Crippen LogP contribution in [0.1, 0.15) is 31.8 Å². The largest absolute Gasteiger partial charge is 0.491 e. The molecule has 0 saturated carbocycles. The van der Waals surface area contributed by atoms with Gasteiger partial charge in [0, 0.05) is 6.54 Å². The molecule has 0 bridgehead atoms. The molecule has 0 amide bonds. The first-order valence-electron chi connectivity index (χ1n) is 8.66. The lowest BCUT2D eigenvalue weighted by atomic mass is 10.1. The second-order valence-electron chi connectivity index (χ2n) is 6.71. The molecule has 1 atom stereocenters. The van der Waals surface area contributed by atoms with Gasteiger partial charge >= 0.3 is 0 Å². The Hall–Kier alpha value is -1.78. The van der Waals surface area contributed by atoms with Gasteiger partial charge < -0.3 is 14.3 Å². The third-order valence-electron chi connectivity index (χ3n) is 3.85. The lowest BCUT2D eigenvalue weighted by Gasteiger charge is -2.25. The average molecular weight is 331 g/mol. The van der Waals surface area contributed by atoms with Crippen molar-refractivity contribution in [3.05, 3.63) is 54.0 Å². The highest BCUT2D eigenvalue weighted by molar-refractivity contribution is 5.20. The van der Waals surface area contributed by atoms with E-state index in [0.29, 0.717) is 25.6 Å². The maximum atomic E-state index is 10.3. The molecule has 1 N–H and O–H groups in total. The van der Waals surface area contributed by atoms with Crippen molar-refractivity contribution >= 4 is 0 Å². The number of aliphatic hydroxyl groups is 1. The predicted octanol–water partition coefficient (Wildman–Crippen LogP) is 3.88. The van der Waals surface area contributed by atoms with Crippen LogP contribution < -0.4 is 4.74 Å². The van der Waals surface area contributed by atoms with Gasteiger partial charge in [-0.15, -0.1) is 0 Å². The number of para-hydroxylation sites is 1. The summed E-state index contributed by atoms with van der Waals surface area (Å²) in [5, 5.41) is 10.3. The van der Waals surface area contributed by atoms with Gasteiger partial charge in [-0.3, -0.25) is 4.90 Å². The molecule has 24 heavy (non-hydrogen) atoms. The SMILES string of the molecule is Cc1ccc(CN(CCC(C)C)C[C@@H](O)COc2ccccc2)o1. The van der Waals surface area contributed by atoms with Gasteiger partial charge in [0.05, 0.1) is 6.54 Å². The van der Waals surface area contributed by atoms with Crippen LogP contribution in [-0.2, 0) is 6.54 Å². The summed E-state index contributed by atoms with van der Waals surface area (Å²) in [5.41, 5.74) is 0. The van der Waals surface area contributed by atoms with E-state index in [1.54, 1.807) is 0 Å². The summed E-state index contributed by atoms with van der Waals surface area (Å²) in [7, 11) is 0. The number of nitrogens with zero attached hydrogens (tertiary/aromatic N) is 1. The van der Waals surface area contributed by atoms with E-state index < -0.39 is 6.10 Å². The molecule has 132 valence electrons. The standard InChI is InChI=1S/C20H29NO3/c1-16(2)11-12-21(14-20-10-9-17(3)24-20)13-18(22)15-23-19-7-5-4-6-8-19/h4-10,16,18,22H,11-15H2,1-3H3/t18-/m1/s1. The smallest absolute Gasteiger partial charge is 0.119 e. The Morgan fingerprint density at radius 1 is 1.12 bits per heavy atom. The van der Waals surface area contributed by atoms with E-state index >= 15 is 0 Å². The summed E-state index contributed by atoms with van der Waals surface area (Å²) in [5.74, 6) is 3.27. The fourth-order valence-electron chi connectivity index (χ4n) is 2.53. The number of aryl methyl sites for hydroxylation is 1. The molecule has 4 heteroatoms. The van der Waals surface area contributed by atoms with E-state index in [0.717, 1.165) is 30.2 Å². The molecule has 0 aliphatic carbocycles. The van der Waals surface area contributed by atoms with Gasteiger partial charge in [-0.25, -0.2) is 0 Å². The molecule has 0 aliphatic rings. The molecule has 0 spiro atoms. The molecular weight excluding hydrogens is 302 g/mol. The molecular formula is C20H29NO3. The number of aliphatic hydroxyl groups excluding tert-OH is 1. The van der Waals surface area contributed by atoms with Crippen LogP contribution in [0.25, 0.3) is 0 Å². The zero-order chi connectivity index (χ0) is 17.4. The number of hydrogen-bond acceptors (Lipinski definition) is 4. The zero-order valence-corrected chi connectivity index (χ0v) is 14.9. The Balaban J connectivity index is 1.85. The summed E-state index contributed by atoms with van der Waals surface area (Å²) in [6, 6.07) is 13.6. The monoisotopic (exact) mass is 331 g/mol. The number of benzene rings is 1. The highest BCUT2D eigenvalue weighted by Gasteiger charge is 2.15. The summed E-state index contributed by atoms with van der Waals surface area (Å²) in [6.07, 6.45) is 0.555. The quantitative estimate of drug-likeness (QED) is 0.718. The zero-order valence-electron chi connectivity index (χ0n) is 14.9.